The zero-order valence-electron chi connectivity index (χ0n) is 14.0. The van der Waals surface area contributed by atoms with Crippen LogP contribution in [0, 0.1) is 0 Å². The van der Waals surface area contributed by atoms with Gasteiger partial charge in [-0.15, -0.1) is 5.10 Å². The first-order valence-electron chi connectivity index (χ1n) is 8.43. The molecule has 0 aliphatic carbocycles. The number of aromatic nitrogens is 6. The topological polar surface area (TPSA) is 89.8 Å². The lowest BCUT2D eigenvalue weighted by atomic mass is 10.1. The molecule has 0 spiro atoms. The summed E-state index contributed by atoms with van der Waals surface area (Å²) in [6, 6.07) is 12.4. The largest absolute Gasteiger partial charge is 0.357 e. The van der Waals surface area contributed by atoms with Gasteiger partial charge in [0.2, 0.25) is 0 Å². The highest BCUT2D eigenvalue weighted by molar-refractivity contribution is 5.81. The number of aromatic amines is 1. The van der Waals surface area contributed by atoms with Crippen LogP contribution >= 0.6 is 0 Å². The summed E-state index contributed by atoms with van der Waals surface area (Å²) in [5.74, 6) is 0. The van der Waals surface area contributed by atoms with Gasteiger partial charge in [0.1, 0.15) is 0 Å². The van der Waals surface area contributed by atoms with E-state index in [1.807, 2.05) is 35.1 Å². The van der Waals surface area contributed by atoms with Crippen molar-refractivity contribution in [3.8, 4) is 5.69 Å². The second kappa shape index (κ2) is 5.82. The summed E-state index contributed by atoms with van der Waals surface area (Å²) in [6.45, 7) is 0.512. The predicted octanol–water partition coefficient (Wildman–Crippen LogP) is 2.45. The van der Waals surface area contributed by atoms with E-state index in [-0.39, 0.29) is 0 Å². The minimum absolute atomic E-state index is 0.512. The second-order valence-electron chi connectivity index (χ2n) is 6.33. The van der Waals surface area contributed by atoms with Crippen LogP contribution in [-0.4, -0.2) is 29.4 Å². The molecule has 5 rings (SSSR count). The van der Waals surface area contributed by atoms with Crippen LogP contribution in [0.4, 0.5) is 0 Å². The van der Waals surface area contributed by atoms with E-state index in [1.54, 1.807) is 11.0 Å². The average Bonchev–Trinajstić information content (AvgIpc) is 3.39. The molecule has 26 heavy (non-hydrogen) atoms. The van der Waals surface area contributed by atoms with Crippen molar-refractivity contribution < 1.29 is 0 Å². The maximum Gasteiger partial charge on any atom is 0.0992 e. The maximum absolute atomic E-state index is 5.71. The molecule has 0 unspecified atom stereocenters. The van der Waals surface area contributed by atoms with Crippen LogP contribution < -0.4 is 5.73 Å². The van der Waals surface area contributed by atoms with Crippen LogP contribution in [0.1, 0.15) is 17.0 Å². The number of nitrogens with two attached hydrogens (primary N) is 1. The summed E-state index contributed by atoms with van der Waals surface area (Å²) in [6.07, 6.45) is 8.25. The first-order chi connectivity index (χ1) is 12.8. The predicted molar refractivity (Wildman–Crippen MR) is 99.1 cm³/mol. The van der Waals surface area contributed by atoms with Crippen LogP contribution in [-0.2, 0) is 13.0 Å². The van der Waals surface area contributed by atoms with E-state index in [9.17, 15) is 0 Å². The van der Waals surface area contributed by atoms with Crippen molar-refractivity contribution in [1.82, 2.24) is 29.4 Å². The number of imidazole rings is 1. The van der Waals surface area contributed by atoms with E-state index < -0.39 is 0 Å². The number of pyridine rings is 1. The fraction of sp³-hybridized carbons (Fsp3) is 0.105. The van der Waals surface area contributed by atoms with Gasteiger partial charge in [-0.3, -0.25) is 0 Å². The van der Waals surface area contributed by atoms with Crippen molar-refractivity contribution in [3.05, 3.63) is 78.3 Å². The molecule has 0 saturated carbocycles. The number of nitrogens with zero attached hydrogens (tertiary/aromatic N) is 5. The highest BCUT2D eigenvalue weighted by Crippen LogP contribution is 2.19. The molecular weight excluding hydrogens is 326 g/mol. The molecule has 0 radical (unpaired) electrons. The Labute approximate surface area is 149 Å². The number of fused-ring (bicyclic) bond motifs is 2. The third-order valence-electron chi connectivity index (χ3n) is 4.56. The Kier molecular flexibility index (Phi) is 3.32. The van der Waals surface area contributed by atoms with E-state index in [1.165, 1.54) is 10.9 Å². The van der Waals surface area contributed by atoms with E-state index in [0.717, 1.165) is 34.5 Å². The van der Waals surface area contributed by atoms with E-state index in [4.69, 9.17) is 5.73 Å². The first-order valence-corrected chi connectivity index (χ1v) is 8.43. The van der Waals surface area contributed by atoms with Crippen molar-refractivity contribution in [2.75, 3.05) is 0 Å². The molecule has 4 aromatic heterocycles. The normalized spacial score (nSPS) is 11.6. The van der Waals surface area contributed by atoms with Crippen molar-refractivity contribution in [1.29, 1.82) is 0 Å². The molecule has 1 aromatic carbocycles. The van der Waals surface area contributed by atoms with Gasteiger partial charge in [-0.25, -0.2) is 9.67 Å². The van der Waals surface area contributed by atoms with Crippen molar-refractivity contribution in [2.24, 2.45) is 5.73 Å². The number of benzene rings is 1. The number of hydrogen-bond donors (Lipinski definition) is 2. The Morgan fingerprint density at radius 1 is 1.15 bits per heavy atom. The molecule has 128 valence electrons. The molecule has 0 aliphatic heterocycles. The smallest absolute Gasteiger partial charge is 0.0992 e. The lowest BCUT2D eigenvalue weighted by molar-refractivity contribution is 0.800. The zero-order chi connectivity index (χ0) is 17.5. The molecule has 3 N–H and O–H groups in total. The maximum atomic E-state index is 5.71. The summed E-state index contributed by atoms with van der Waals surface area (Å²) in [4.78, 5) is 7.53. The number of rotatable bonds is 4. The molecule has 0 amide bonds. The molecule has 4 heterocycles. The van der Waals surface area contributed by atoms with E-state index >= 15 is 0 Å². The fourth-order valence-electron chi connectivity index (χ4n) is 3.29. The summed E-state index contributed by atoms with van der Waals surface area (Å²) in [5.41, 5.74) is 11.9. The van der Waals surface area contributed by atoms with Gasteiger partial charge in [0.25, 0.3) is 0 Å². The Balaban J connectivity index is 1.46. The zero-order valence-corrected chi connectivity index (χ0v) is 14.0. The Morgan fingerprint density at radius 2 is 2.12 bits per heavy atom. The lowest BCUT2D eigenvalue weighted by Crippen LogP contribution is -1.97. The monoisotopic (exact) mass is 343 g/mol. The van der Waals surface area contributed by atoms with Gasteiger partial charge >= 0.3 is 0 Å². The number of hydrogen-bond acceptors (Lipinski definition) is 4. The van der Waals surface area contributed by atoms with Crippen LogP contribution in [0.5, 0.6) is 0 Å². The van der Waals surface area contributed by atoms with Gasteiger partial charge in [-0.1, -0.05) is 17.3 Å². The van der Waals surface area contributed by atoms with Gasteiger partial charge in [0, 0.05) is 30.4 Å². The lowest BCUT2D eigenvalue weighted by Gasteiger charge is -2.02. The van der Waals surface area contributed by atoms with Gasteiger partial charge in [0.15, 0.2) is 0 Å². The molecule has 0 saturated heterocycles. The molecular formula is C19H17N7. The third-order valence-corrected chi connectivity index (χ3v) is 4.56. The highest BCUT2D eigenvalue weighted by Gasteiger charge is 2.09. The van der Waals surface area contributed by atoms with Crippen LogP contribution in [0.25, 0.3) is 22.1 Å². The van der Waals surface area contributed by atoms with Gasteiger partial charge < -0.3 is 15.1 Å². The van der Waals surface area contributed by atoms with Crippen molar-refractivity contribution in [3.63, 3.8) is 0 Å². The molecule has 0 bridgehead atoms. The van der Waals surface area contributed by atoms with Crippen LogP contribution in [0.15, 0.2) is 61.3 Å². The SMILES string of the molecule is NCc1cc2ccc(Cc3cn(-c4cccn5cncc45)nn3)cc2[nH]1. The van der Waals surface area contributed by atoms with E-state index in [0.29, 0.717) is 6.54 Å². The molecule has 0 aliphatic rings. The Morgan fingerprint density at radius 3 is 3.04 bits per heavy atom. The molecule has 7 heteroatoms. The number of nitrogens with one attached hydrogen (secondary N) is 1. The summed E-state index contributed by atoms with van der Waals surface area (Å²) < 4.78 is 3.76. The summed E-state index contributed by atoms with van der Waals surface area (Å²) >= 11 is 0. The quantitative estimate of drug-likeness (QED) is 0.524. The van der Waals surface area contributed by atoms with Crippen molar-refractivity contribution in [2.45, 2.75) is 13.0 Å². The highest BCUT2D eigenvalue weighted by atomic mass is 15.4. The molecule has 0 fully saturated rings. The van der Waals surface area contributed by atoms with Gasteiger partial charge in [-0.05, 0) is 35.2 Å². The Hall–Kier alpha value is -3.45. The van der Waals surface area contributed by atoms with Crippen LogP contribution in [0.3, 0.4) is 0 Å². The second-order valence-corrected chi connectivity index (χ2v) is 6.33. The van der Waals surface area contributed by atoms with Gasteiger partial charge in [-0.2, -0.15) is 0 Å². The van der Waals surface area contributed by atoms with Crippen LogP contribution in [0.2, 0.25) is 0 Å². The molecule has 7 nitrogen and oxygen atoms in total. The number of H-pyrrole nitrogens is 1. The standard InChI is InChI=1S/C19H17N7/c20-9-15-8-14-4-3-13(7-17(14)22-15)6-16-11-26(24-23-16)18-2-1-5-25-12-21-10-19(18)25/h1-5,7-8,10-12,22H,6,9,20H2. The van der Waals surface area contributed by atoms with Gasteiger partial charge in [0.05, 0.1) is 35.6 Å². The summed E-state index contributed by atoms with van der Waals surface area (Å²) in [5, 5.41) is 9.80. The minimum atomic E-state index is 0.512. The minimum Gasteiger partial charge on any atom is -0.357 e. The fourth-order valence-corrected chi connectivity index (χ4v) is 3.29. The molecule has 5 aromatic rings. The molecule has 0 atom stereocenters. The average molecular weight is 343 g/mol. The van der Waals surface area contributed by atoms with Crippen molar-refractivity contribution >= 4 is 16.4 Å². The first kappa shape index (κ1) is 14.9. The summed E-state index contributed by atoms with van der Waals surface area (Å²) in [7, 11) is 0. The van der Waals surface area contributed by atoms with E-state index in [2.05, 4.69) is 44.5 Å². The Bertz CT molecular complexity index is 1210. The third kappa shape index (κ3) is 2.46.